The number of fused-ring (bicyclic) bond motifs is 2. The van der Waals surface area contributed by atoms with E-state index in [1.807, 2.05) is 6.08 Å². The van der Waals surface area contributed by atoms with Crippen molar-refractivity contribution in [3.63, 3.8) is 0 Å². The number of esters is 1. The Labute approximate surface area is 192 Å². The number of rotatable bonds is 2. The fraction of sp³-hybridized carbons (Fsp3) is 0.600. The molecule has 2 saturated carbocycles. The summed E-state index contributed by atoms with van der Waals surface area (Å²) in [6.07, 6.45) is -0.914. The van der Waals surface area contributed by atoms with Crippen molar-refractivity contribution >= 4 is 23.1 Å². The van der Waals surface area contributed by atoms with E-state index in [9.17, 15) is 24.9 Å². The summed E-state index contributed by atoms with van der Waals surface area (Å²) in [5, 5.41) is 35.4. The highest BCUT2D eigenvalue weighted by molar-refractivity contribution is 7.11. The Kier molecular flexibility index (Phi) is 5.77. The van der Waals surface area contributed by atoms with Crippen LogP contribution in [-0.2, 0) is 9.53 Å². The maximum absolute atomic E-state index is 13.4. The minimum Gasteiger partial charge on any atom is -0.454 e. The lowest BCUT2D eigenvalue weighted by molar-refractivity contribution is -0.145. The van der Waals surface area contributed by atoms with Crippen LogP contribution in [0.2, 0.25) is 0 Å². The molecule has 4 rings (SSSR count). The van der Waals surface area contributed by atoms with Crippen LogP contribution in [0.4, 0.5) is 0 Å². The maximum atomic E-state index is 13.4. The molecule has 32 heavy (non-hydrogen) atoms. The van der Waals surface area contributed by atoms with E-state index >= 15 is 0 Å². The van der Waals surface area contributed by atoms with Gasteiger partial charge < -0.3 is 20.1 Å². The van der Waals surface area contributed by atoms with Crippen LogP contribution in [0.25, 0.3) is 0 Å². The molecule has 7 heteroatoms. The minimum atomic E-state index is -1.91. The summed E-state index contributed by atoms with van der Waals surface area (Å²) >= 11 is 1.27. The van der Waals surface area contributed by atoms with Crippen LogP contribution in [0, 0.1) is 29.1 Å². The van der Waals surface area contributed by atoms with Crippen molar-refractivity contribution in [1.29, 1.82) is 0 Å². The van der Waals surface area contributed by atoms with Crippen molar-refractivity contribution in [2.24, 2.45) is 29.1 Å². The number of aliphatic hydroxyl groups is 3. The molecule has 3 aliphatic carbocycles. The number of hydrogen-bond donors (Lipinski definition) is 3. The number of allylic oxidation sites excluding steroid dienone is 1. The van der Waals surface area contributed by atoms with Crippen molar-refractivity contribution in [2.75, 3.05) is 0 Å². The van der Waals surface area contributed by atoms with Gasteiger partial charge >= 0.3 is 5.97 Å². The molecule has 0 unspecified atom stereocenters. The fourth-order valence-corrected chi connectivity index (χ4v) is 6.44. The van der Waals surface area contributed by atoms with Gasteiger partial charge in [-0.15, -0.1) is 11.3 Å². The number of carbonyl (C=O) groups is 2. The molecule has 174 valence electrons. The largest absolute Gasteiger partial charge is 0.454 e. The van der Waals surface area contributed by atoms with Crippen LogP contribution in [0.1, 0.15) is 50.2 Å². The van der Waals surface area contributed by atoms with Gasteiger partial charge in [0.2, 0.25) is 0 Å². The third-order valence-electron chi connectivity index (χ3n) is 8.03. The van der Waals surface area contributed by atoms with Gasteiger partial charge in [-0.3, -0.25) is 4.79 Å². The first-order valence-electron chi connectivity index (χ1n) is 11.1. The molecular formula is C25H32O6S. The number of aliphatic hydroxyl groups excluding tert-OH is 2. The molecule has 3 aliphatic rings. The number of carbonyl (C=O) groups excluding carboxylic acids is 2. The highest BCUT2D eigenvalue weighted by Gasteiger charge is 2.62. The molecule has 1 aromatic rings. The Bertz CT molecular complexity index is 963. The van der Waals surface area contributed by atoms with Gasteiger partial charge in [-0.05, 0) is 65.5 Å². The number of ketones is 1. The zero-order chi connectivity index (χ0) is 23.6. The Hall–Kier alpha value is -1.80. The number of Topliss-reactive ketones (excluding diaryl/α,β-unsaturated/α-hetero) is 1. The van der Waals surface area contributed by atoms with Crippen LogP contribution < -0.4 is 0 Å². The van der Waals surface area contributed by atoms with Gasteiger partial charge in [0.25, 0.3) is 0 Å². The lowest BCUT2D eigenvalue weighted by atomic mass is 9.76. The first kappa shape index (κ1) is 23.4. The molecule has 0 bridgehead atoms. The molecule has 2 fully saturated rings. The maximum Gasteiger partial charge on any atom is 0.348 e. The lowest BCUT2D eigenvalue weighted by Crippen LogP contribution is -2.51. The summed E-state index contributed by atoms with van der Waals surface area (Å²) in [6, 6.07) is 3.44. The quantitative estimate of drug-likeness (QED) is 0.463. The Morgan fingerprint density at radius 3 is 2.62 bits per heavy atom. The Balaban J connectivity index is 1.75. The van der Waals surface area contributed by atoms with E-state index in [2.05, 4.69) is 20.4 Å². The zero-order valence-corrected chi connectivity index (χ0v) is 19.8. The standard InChI is InChI=1S/C25H32O6S/c1-12-9-15-16(24(15,4)5)10-17(31-23(29)18-7-6-8-32-18)14(3)21(27)19-20(26)13(2)11-25(19,30)22(12)28/h6-9,13,15-17,19-21,26-27,30H,3,10-11H2,1-2,4-5H3/b12-9+/t13-,15+,16-,17+,19+,20-,21-,25+/m0/s1. The summed E-state index contributed by atoms with van der Waals surface area (Å²) in [5.74, 6) is -2.31. The monoisotopic (exact) mass is 460 g/mol. The average Bonchev–Trinajstić information content (AvgIpc) is 3.13. The van der Waals surface area contributed by atoms with Crippen LogP contribution in [0.15, 0.2) is 41.3 Å². The first-order chi connectivity index (χ1) is 14.9. The minimum absolute atomic E-state index is 0.0460. The van der Waals surface area contributed by atoms with E-state index in [-0.39, 0.29) is 35.2 Å². The van der Waals surface area contributed by atoms with E-state index in [1.54, 1.807) is 31.4 Å². The summed E-state index contributed by atoms with van der Waals surface area (Å²) in [4.78, 5) is 26.5. The molecular weight excluding hydrogens is 428 g/mol. The summed E-state index contributed by atoms with van der Waals surface area (Å²) in [6.45, 7) is 11.7. The molecule has 1 heterocycles. The smallest absolute Gasteiger partial charge is 0.348 e. The third-order valence-corrected chi connectivity index (χ3v) is 8.88. The van der Waals surface area contributed by atoms with E-state index in [1.165, 1.54) is 11.3 Å². The van der Waals surface area contributed by atoms with Crippen LogP contribution in [-0.4, -0.2) is 51.0 Å². The van der Waals surface area contributed by atoms with Crippen molar-refractivity contribution in [2.45, 2.75) is 64.4 Å². The normalized spacial score (nSPS) is 42.8. The van der Waals surface area contributed by atoms with E-state index < -0.39 is 41.6 Å². The van der Waals surface area contributed by atoms with Crippen molar-refractivity contribution in [3.8, 4) is 0 Å². The summed E-state index contributed by atoms with van der Waals surface area (Å²) in [7, 11) is 0. The Morgan fingerprint density at radius 1 is 1.31 bits per heavy atom. The highest BCUT2D eigenvalue weighted by Crippen LogP contribution is 2.62. The predicted molar refractivity (Wildman–Crippen MR) is 121 cm³/mol. The SMILES string of the molecule is C=C1[C@H](OC(=O)c2cccs2)C[C@H]2[C@@H](/C=C(\C)C(=O)[C@@]3(O)C[C@H](C)[C@H](O)[C@@H]3[C@H]1O)C2(C)C. The molecule has 6 nitrogen and oxygen atoms in total. The number of ether oxygens (including phenoxy) is 1. The van der Waals surface area contributed by atoms with Crippen LogP contribution in [0.3, 0.4) is 0 Å². The van der Waals surface area contributed by atoms with Crippen molar-refractivity contribution < 1.29 is 29.6 Å². The third kappa shape index (κ3) is 3.59. The summed E-state index contributed by atoms with van der Waals surface area (Å²) in [5.41, 5.74) is -1.39. The zero-order valence-electron chi connectivity index (χ0n) is 18.9. The van der Waals surface area contributed by atoms with Gasteiger partial charge in [0, 0.05) is 0 Å². The first-order valence-corrected chi connectivity index (χ1v) is 12.0. The van der Waals surface area contributed by atoms with Gasteiger partial charge in [0.05, 0.1) is 18.1 Å². The predicted octanol–water partition coefficient (Wildman–Crippen LogP) is 3.13. The molecule has 0 radical (unpaired) electrons. The number of hydrogen-bond acceptors (Lipinski definition) is 7. The van der Waals surface area contributed by atoms with Gasteiger partial charge in [-0.25, -0.2) is 4.79 Å². The second kappa shape index (κ2) is 7.90. The van der Waals surface area contributed by atoms with Crippen LogP contribution in [0.5, 0.6) is 0 Å². The van der Waals surface area contributed by atoms with Gasteiger partial charge in [0.15, 0.2) is 5.78 Å². The van der Waals surface area contributed by atoms with Gasteiger partial charge in [-0.1, -0.05) is 39.5 Å². The second-order valence-electron chi connectivity index (χ2n) is 10.4. The van der Waals surface area contributed by atoms with Crippen molar-refractivity contribution in [1.82, 2.24) is 0 Å². The molecule has 0 saturated heterocycles. The lowest BCUT2D eigenvalue weighted by Gasteiger charge is -2.36. The summed E-state index contributed by atoms with van der Waals surface area (Å²) < 4.78 is 5.82. The van der Waals surface area contributed by atoms with E-state index in [4.69, 9.17) is 4.74 Å². The molecule has 0 spiro atoms. The number of thiophene rings is 1. The molecule has 0 aromatic carbocycles. The van der Waals surface area contributed by atoms with Crippen LogP contribution >= 0.6 is 11.3 Å². The van der Waals surface area contributed by atoms with E-state index in [0.29, 0.717) is 16.9 Å². The van der Waals surface area contributed by atoms with E-state index in [0.717, 1.165) is 0 Å². The molecule has 3 N–H and O–H groups in total. The van der Waals surface area contributed by atoms with Gasteiger partial charge in [-0.2, -0.15) is 0 Å². The average molecular weight is 461 g/mol. The molecule has 8 atom stereocenters. The van der Waals surface area contributed by atoms with Crippen molar-refractivity contribution in [3.05, 3.63) is 46.2 Å². The fourth-order valence-electron chi connectivity index (χ4n) is 5.84. The van der Waals surface area contributed by atoms with Gasteiger partial charge in [0.1, 0.15) is 16.6 Å². The molecule has 0 amide bonds. The molecule has 1 aromatic heterocycles. The topological polar surface area (TPSA) is 104 Å². The Morgan fingerprint density at radius 2 is 2.00 bits per heavy atom. The highest BCUT2D eigenvalue weighted by atomic mass is 32.1. The molecule has 0 aliphatic heterocycles. The second-order valence-corrected chi connectivity index (χ2v) is 11.3.